The number of fused-ring (bicyclic) bond motifs is 1. The Labute approximate surface area is 131 Å². The summed E-state index contributed by atoms with van der Waals surface area (Å²) in [6.45, 7) is 3.41. The average Bonchev–Trinajstić information content (AvgIpc) is 2.70. The molecule has 4 nitrogen and oxygen atoms in total. The highest BCUT2D eigenvalue weighted by molar-refractivity contribution is 14.1. The maximum atomic E-state index is 6.16. The second-order valence-electron chi connectivity index (χ2n) is 5.24. The molecule has 0 atom stereocenters. The first-order valence-corrected chi connectivity index (χ1v) is 7.94. The number of hydrogen-bond donors (Lipinski definition) is 0. The Bertz CT molecular complexity index is 590. The summed E-state index contributed by atoms with van der Waals surface area (Å²) in [5.74, 6) is 0.733. The van der Waals surface area contributed by atoms with Crippen LogP contribution < -0.4 is 0 Å². The van der Waals surface area contributed by atoms with Gasteiger partial charge in [0.2, 0.25) is 0 Å². The molecule has 1 saturated heterocycles. The van der Waals surface area contributed by atoms with Gasteiger partial charge in [0.25, 0.3) is 0 Å². The Kier molecular flexibility index (Phi) is 3.96. The van der Waals surface area contributed by atoms with Gasteiger partial charge in [0, 0.05) is 16.3 Å². The largest absolute Gasteiger partial charge is 0.331 e. The normalized spacial score (nSPS) is 18.3. The lowest BCUT2D eigenvalue weighted by Gasteiger charge is -2.29. The van der Waals surface area contributed by atoms with Crippen LogP contribution in [0.2, 0.25) is 5.15 Å². The molecule has 2 aromatic rings. The second-order valence-corrected chi connectivity index (χ2v) is 6.76. The second kappa shape index (κ2) is 5.54. The minimum atomic E-state index is 0.552. The van der Waals surface area contributed by atoms with E-state index in [-0.39, 0.29) is 0 Å². The summed E-state index contributed by atoms with van der Waals surface area (Å²) >= 11 is 8.47. The highest BCUT2D eigenvalue weighted by Crippen LogP contribution is 2.28. The van der Waals surface area contributed by atoms with E-state index in [4.69, 9.17) is 11.6 Å². The monoisotopic (exact) mass is 390 g/mol. The molecule has 1 fully saturated rings. The van der Waals surface area contributed by atoms with E-state index in [1.165, 1.54) is 25.9 Å². The molecule has 0 aliphatic carbocycles. The van der Waals surface area contributed by atoms with Gasteiger partial charge in [-0.1, -0.05) is 11.6 Å². The molecular formula is C13H16ClIN4. The highest BCUT2D eigenvalue weighted by atomic mass is 127. The van der Waals surface area contributed by atoms with Crippen LogP contribution >= 0.6 is 34.2 Å². The van der Waals surface area contributed by atoms with Crippen molar-refractivity contribution >= 4 is 45.2 Å². The quantitative estimate of drug-likeness (QED) is 0.584. The fourth-order valence-electron chi connectivity index (χ4n) is 2.70. The van der Waals surface area contributed by atoms with Crippen molar-refractivity contribution in [3.8, 4) is 0 Å². The van der Waals surface area contributed by atoms with Gasteiger partial charge in [-0.05, 0) is 61.5 Å². The zero-order valence-electron chi connectivity index (χ0n) is 10.8. The van der Waals surface area contributed by atoms with Crippen molar-refractivity contribution in [3.63, 3.8) is 0 Å². The van der Waals surface area contributed by atoms with Gasteiger partial charge in [0.15, 0.2) is 0 Å². The van der Waals surface area contributed by atoms with Crippen LogP contribution in [0.3, 0.4) is 0 Å². The molecule has 0 aromatic carbocycles. The van der Waals surface area contributed by atoms with Crippen molar-refractivity contribution in [2.24, 2.45) is 5.92 Å². The van der Waals surface area contributed by atoms with Crippen molar-refractivity contribution in [1.82, 2.24) is 19.4 Å². The smallest absolute Gasteiger partial charge is 0.145 e. The number of rotatable bonds is 2. The zero-order chi connectivity index (χ0) is 13.4. The Morgan fingerprint density at radius 1 is 1.37 bits per heavy atom. The average molecular weight is 391 g/mol. The van der Waals surface area contributed by atoms with Crippen molar-refractivity contribution in [1.29, 1.82) is 0 Å². The summed E-state index contributed by atoms with van der Waals surface area (Å²) in [5, 5.41) is 1.54. The van der Waals surface area contributed by atoms with Crippen LogP contribution in [0.25, 0.3) is 11.0 Å². The predicted molar refractivity (Wildman–Crippen MR) is 85.5 cm³/mol. The third-order valence-corrected chi connectivity index (χ3v) is 4.96. The van der Waals surface area contributed by atoms with E-state index in [2.05, 4.69) is 55.3 Å². The third kappa shape index (κ3) is 2.73. The summed E-state index contributed by atoms with van der Waals surface area (Å²) in [6.07, 6.45) is 6.20. The summed E-state index contributed by atoms with van der Waals surface area (Å²) in [4.78, 5) is 10.9. The predicted octanol–water partition coefficient (Wildman–Crippen LogP) is 3.03. The molecule has 0 radical (unpaired) electrons. The Balaban J connectivity index is 1.87. The number of piperidine rings is 1. The van der Waals surface area contributed by atoms with Crippen LogP contribution in [-0.2, 0) is 6.54 Å². The SMILES string of the molecule is CN1CCC(Cn2cc(I)c3c(Cl)ncnc32)CC1. The van der Waals surface area contributed by atoms with Gasteiger partial charge in [-0.2, -0.15) is 0 Å². The fourth-order valence-corrected chi connectivity index (χ4v) is 3.93. The minimum Gasteiger partial charge on any atom is -0.331 e. The van der Waals surface area contributed by atoms with E-state index in [9.17, 15) is 0 Å². The number of likely N-dealkylation sites (tertiary alicyclic amines) is 1. The molecule has 3 rings (SSSR count). The van der Waals surface area contributed by atoms with Gasteiger partial charge in [0.1, 0.15) is 17.1 Å². The molecule has 0 spiro atoms. The van der Waals surface area contributed by atoms with E-state index in [1.807, 2.05) is 0 Å². The van der Waals surface area contributed by atoms with Crippen LogP contribution in [0.15, 0.2) is 12.5 Å². The van der Waals surface area contributed by atoms with Crippen molar-refractivity contribution in [3.05, 3.63) is 21.2 Å². The number of aromatic nitrogens is 3. The van der Waals surface area contributed by atoms with Gasteiger partial charge >= 0.3 is 0 Å². The van der Waals surface area contributed by atoms with E-state index >= 15 is 0 Å². The molecule has 19 heavy (non-hydrogen) atoms. The first kappa shape index (κ1) is 13.6. The molecule has 0 N–H and O–H groups in total. The number of hydrogen-bond acceptors (Lipinski definition) is 3. The third-order valence-electron chi connectivity index (χ3n) is 3.85. The lowest BCUT2D eigenvalue weighted by Crippen LogP contribution is -2.31. The van der Waals surface area contributed by atoms with Crippen LogP contribution in [0.1, 0.15) is 12.8 Å². The molecule has 3 heterocycles. The summed E-state index contributed by atoms with van der Waals surface area (Å²) in [6, 6.07) is 0. The number of halogens is 2. The van der Waals surface area contributed by atoms with Crippen LogP contribution in [0.5, 0.6) is 0 Å². The lowest BCUT2D eigenvalue weighted by molar-refractivity contribution is 0.206. The molecule has 102 valence electrons. The van der Waals surface area contributed by atoms with Crippen LogP contribution in [0.4, 0.5) is 0 Å². The van der Waals surface area contributed by atoms with Gasteiger partial charge < -0.3 is 9.47 Å². The van der Waals surface area contributed by atoms with E-state index in [0.717, 1.165) is 27.1 Å². The molecule has 6 heteroatoms. The van der Waals surface area contributed by atoms with Crippen molar-refractivity contribution in [2.75, 3.05) is 20.1 Å². The van der Waals surface area contributed by atoms with E-state index in [0.29, 0.717) is 5.15 Å². The summed E-state index contributed by atoms with van der Waals surface area (Å²) < 4.78 is 3.37. The molecule has 0 saturated carbocycles. The first-order chi connectivity index (χ1) is 9.15. The maximum absolute atomic E-state index is 6.16. The van der Waals surface area contributed by atoms with Gasteiger partial charge in [0.05, 0.1) is 5.39 Å². The highest BCUT2D eigenvalue weighted by Gasteiger charge is 2.19. The van der Waals surface area contributed by atoms with Gasteiger partial charge in [-0.3, -0.25) is 0 Å². The van der Waals surface area contributed by atoms with Crippen LogP contribution in [-0.4, -0.2) is 39.6 Å². The summed E-state index contributed by atoms with van der Waals surface area (Å²) in [7, 11) is 2.19. The summed E-state index contributed by atoms with van der Waals surface area (Å²) in [5.41, 5.74) is 0.961. The fraction of sp³-hybridized carbons (Fsp3) is 0.538. The Morgan fingerprint density at radius 2 is 2.11 bits per heavy atom. The molecule has 1 aliphatic heterocycles. The van der Waals surface area contributed by atoms with Gasteiger partial charge in [-0.15, -0.1) is 0 Å². The van der Waals surface area contributed by atoms with Crippen molar-refractivity contribution in [2.45, 2.75) is 19.4 Å². The van der Waals surface area contributed by atoms with E-state index < -0.39 is 0 Å². The zero-order valence-corrected chi connectivity index (χ0v) is 13.7. The topological polar surface area (TPSA) is 34.0 Å². The maximum Gasteiger partial charge on any atom is 0.145 e. The Morgan fingerprint density at radius 3 is 2.84 bits per heavy atom. The molecule has 0 unspecified atom stereocenters. The molecule has 0 bridgehead atoms. The molecule has 0 amide bonds. The molecule has 1 aliphatic rings. The first-order valence-electron chi connectivity index (χ1n) is 6.48. The van der Waals surface area contributed by atoms with E-state index in [1.54, 1.807) is 6.33 Å². The number of nitrogens with zero attached hydrogens (tertiary/aromatic N) is 4. The van der Waals surface area contributed by atoms with Crippen molar-refractivity contribution < 1.29 is 0 Å². The lowest BCUT2D eigenvalue weighted by atomic mass is 9.97. The van der Waals surface area contributed by atoms with Gasteiger partial charge in [-0.25, -0.2) is 9.97 Å². The minimum absolute atomic E-state index is 0.552. The standard InChI is InChI=1S/C13H16ClIN4/c1-18-4-2-9(3-5-18)6-19-7-10(15)11-12(14)16-8-17-13(11)19/h7-9H,2-6H2,1H3. The molecule has 2 aromatic heterocycles. The Hall–Kier alpha value is -0.400. The molecular weight excluding hydrogens is 375 g/mol. The van der Waals surface area contributed by atoms with Crippen LogP contribution in [0, 0.1) is 9.49 Å².